The number of hydrogen-bond acceptors (Lipinski definition) is 1. The molecule has 64 heavy (non-hydrogen) atoms. The van der Waals surface area contributed by atoms with Crippen molar-refractivity contribution < 1.29 is 0 Å². The second-order valence-corrected chi connectivity index (χ2v) is 16.6. The number of fused-ring (bicyclic) bond motifs is 6. The van der Waals surface area contributed by atoms with E-state index in [0.717, 1.165) is 39.4 Å². The van der Waals surface area contributed by atoms with Crippen LogP contribution in [0.1, 0.15) is 0 Å². The van der Waals surface area contributed by atoms with Gasteiger partial charge >= 0.3 is 0 Å². The van der Waals surface area contributed by atoms with Gasteiger partial charge in [-0.15, -0.1) is 0 Å². The molecule has 1 aromatic heterocycles. The molecule has 0 aliphatic heterocycles. The molecule has 2 nitrogen and oxygen atoms in total. The summed E-state index contributed by atoms with van der Waals surface area (Å²) in [6, 6.07) is 92.8. The van der Waals surface area contributed by atoms with E-state index in [1.54, 1.807) is 0 Å². The second kappa shape index (κ2) is 15.8. The molecule has 0 N–H and O–H groups in total. The second-order valence-electron chi connectivity index (χ2n) is 16.6. The quantitative estimate of drug-likeness (QED) is 0.148. The molecule has 0 bridgehead atoms. The largest absolute Gasteiger partial charge is 0.310 e. The molecule has 12 rings (SSSR count). The number of anilines is 3. The van der Waals surface area contributed by atoms with E-state index < -0.39 is 0 Å². The number of rotatable bonds is 8. The predicted molar refractivity (Wildman–Crippen MR) is 272 cm³/mol. The summed E-state index contributed by atoms with van der Waals surface area (Å²) in [4.78, 5) is 2.43. The van der Waals surface area contributed by atoms with Crippen LogP contribution in [0.2, 0.25) is 0 Å². The molecule has 0 spiro atoms. The highest BCUT2D eigenvalue weighted by Crippen LogP contribution is 2.45. The van der Waals surface area contributed by atoms with Crippen molar-refractivity contribution >= 4 is 60.4 Å². The fourth-order valence-electron chi connectivity index (χ4n) is 9.67. The molecule has 2 heteroatoms. The highest BCUT2D eigenvalue weighted by atomic mass is 15.1. The topological polar surface area (TPSA) is 8.17 Å². The summed E-state index contributed by atoms with van der Waals surface area (Å²) in [7, 11) is 0. The monoisotopic (exact) mass is 814 g/mol. The van der Waals surface area contributed by atoms with Gasteiger partial charge in [0.25, 0.3) is 0 Å². The van der Waals surface area contributed by atoms with Gasteiger partial charge in [0.15, 0.2) is 0 Å². The molecule has 0 amide bonds. The number of nitrogens with zero attached hydrogens (tertiary/aromatic N) is 2. The molecule has 0 atom stereocenters. The van der Waals surface area contributed by atoms with Crippen LogP contribution in [0.15, 0.2) is 255 Å². The van der Waals surface area contributed by atoms with Gasteiger partial charge in [0.05, 0.1) is 11.0 Å². The summed E-state index contributed by atoms with van der Waals surface area (Å²) in [6.07, 6.45) is 0. The van der Waals surface area contributed by atoms with Crippen LogP contribution in [0.4, 0.5) is 17.1 Å². The van der Waals surface area contributed by atoms with Gasteiger partial charge < -0.3 is 9.47 Å². The lowest BCUT2D eigenvalue weighted by atomic mass is 9.94. The van der Waals surface area contributed by atoms with Crippen molar-refractivity contribution in [1.82, 2.24) is 4.57 Å². The fraction of sp³-hybridized carbons (Fsp3) is 0. The van der Waals surface area contributed by atoms with Crippen LogP contribution in [0, 0.1) is 0 Å². The van der Waals surface area contributed by atoms with Crippen molar-refractivity contribution in [3.63, 3.8) is 0 Å². The zero-order valence-corrected chi connectivity index (χ0v) is 35.1. The molecule has 0 fully saturated rings. The first-order chi connectivity index (χ1) is 31.7. The molecule has 0 aliphatic rings. The molecule has 0 unspecified atom stereocenters. The maximum absolute atomic E-state index is 2.45. The van der Waals surface area contributed by atoms with Crippen molar-refractivity contribution in [1.29, 1.82) is 0 Å². The molecular formula is C62H42N2. The van der Waals surface area contributed by atoms with Gasteiger partial charge in [-0.3, -0.25) is 0 Å². The Balaban J connectivity index is 1.09. The summed E-state index contributed by atoms with van der Waals surface area (Å²) >= 11 is 0. The molecule has 0 aliphatic carbocycles. The molecule has 0 saturated heterocycles. The lowest BCUT2D eigenvalue weighted by molar-refractivity contribution is 1.19. The Morgan fingerprint density at radius 3 is 1.55 bits per heavy atom. The van der Waals surface area contributed by atoms with E-state index in [-0.39, 0.29) is 0 Å². The molecule has 0 saturated carbocycles. The first-order valence-corrected chi connectivity index (χ1v) is 22.0. The van der Waals surface area contributed by atoms with Crippen molar-refractivity contribution in [3.05, 3.63) is 255 Å². The van der Waals surface area contributed by atoms with Gasteiger partial charge in [-0.25, -0.2) is 0 Å². The summed E-state index contributed by atoms with van der Waals surface area (Å²) in [6.45, 7) is 0. The summed E-state index contributed by atoms with van der Waals surface area (Å²) in [5.41, 5.74) is 16.2. The minimum Gasteiger partial charge on any atom is -0.310 e. The maximum Gasteiger partial charge on any atom is 0.0625 e. The van der Waals surface area contributed by atoms with E-state index in [2.05, 4.69) is 264 Å². The van der Waals surface area contributed by atoms with E-state index in [4.69, 9.17) is 0 Å². The van der Waals surface area contributed by atoms with E-state index in [1.165, 1.54) is 71.2 Å². The third-order valence-electron chi connectivity index (χ3n) is 12.7. The first-order valence-electron chi connectivity index (χ1n) is 22.0. The van der Waals surface area contributed by atoms with Crippen LogP contribution in [0.25, 0.3) is 93.5 Å². The number of benzene rings is 11. The fourth-order valence-corrected chi connectivity index (χ4v) is 9.67. The Morgan fingerprint density at radius 1 is 0.281 bits per heavy atom. The van der Waals surface area contributed by atoms with Gasteiger partial charge in [0.2, 0.25) is 0 Å². The third kappa shape index (κ3) is 6.61. The van der Waals surface area contributed by atoms with Crippen LogP contribution in [0.5, 0.6) is 0 Å². The third-order valence-corrected chi connectivity index (χ3v) is 12.7. The Bertz CT molecular complexity index is 3590. The van der Waals surface area contributed by atoms with Crippen molar-refractivity contribution in [3.8, 4) is 50.2 Å². The lowest BCUT2D eigenvalue weighted by Crippen LogP contribution is -2.10. The molecule has 11 aromatic carbocycles. The predicted octanol–water partition coefficient (Wildman–Crippen LogP) is 17.2. The summed E-state index contributed by atoms with van der Waals surface area (Å²) in [5.74, 6) is 0. The van der Waals surface area contributed by atoms with Crippen LogP contribution in [0.3, 0.4) is 0 Å². The standard InChI is InChI=1S/C62H42N2/c1-4-17-43(18-5-1)51-38-52(44-19-6-2-7-20-44)41-56(40-51)63(54-35-33-46(34-36-54)48-32-31-45-21-10-11-22-47(45)37-48)55-27-16-24-49(39-55)59-42-50-23-12-13-28-57(50)62-61(59)58-29-14-15-30-60(58)64(62)53-25-8-3-9-26-53/h1-42H. The Morgan fingerprint density at radius 2 is 0.828 bits per heavy atom. The van der Waals surface area contributed by atoms with Crippen LogP contribution >= 0.6 is 0 Å². The van der Waals surface area contributed by atoms with Crippen LogP contribution in [-0.2, 0) is 0 Å². The lowest BCUT2D eigenvalue weighted by Gasteiger charge is -2.28. The summed E-state index contributed by atoms with van der Waals surface area (Å²) < 4.78 is 2.45. The van der Waals surface area contributed by atoms with Gasteiger partial charge in [0.1, 0.15) is 0 Å². The SMILES string of the molecule is c1ccc(-c2cc(-c3ccccc3)cc(N(c3ccc(-c4ccc5ccccc5c4)cc3)c3cccc(-c4cc5ccccc5c5c4c4ccccc4n5-c4ccccc4)c3)c2)cc1. The van der Waals surface area contributed by atoms with Gasteiger partial charge in [-0.2, -0.15) is 0 Å². The van der Waals surface area contributed by atoms with Gasteiger partial charge in [-0.05, 0) is 133 Å². The van der Waals surface area contributed by atoms with E-state index in [9.17, 15) is 0 Å². The minimum atomic E-state index is 1.08. The highest BCUT2D eigenvalue weighted by Gasteiger charge is 2.21. The van der Waals surface area contributed by atoms with Crippen LogP contribution in [-0.4, -0.2) is 4.57 Å². The number of aromatic nitrogens is 1. The Kier molecular flexibility index (Phi) is 9.20. The normalized spacial score (nSPS) is 11.4. The Hall–Kier alpha value is -8.46. The van der Waals surface area contributed by atoms with E-state index in [1.807, 2.05) is 0 Å². The zero-order valence-electron chi connectivity index (χ0n) is 35.1. The van der Waals surface area contributed by atoms with Gasteiger partial charge in [-0.1, -0.05) is 182 Å². The molecule has 12 aromatic rings. The minimum absolute atomic E-state index is 1.08. The highest BCUT2D eigenvalue weighted by molar-refractivity contribution is 6.24. The molecular weight excluding hydrogens is 773 g/mol. The Labute approximate surface area is 373 Å². The number of para-hydroxylation sites is 2. The van der Waals surface area contributed by atoms with E-state index >= 15 is 0 Å². The van der Waals surface area contributed by atoms with Crippen LogP contribution < -0.4 is 4.90 Å². The van der Waals surface area contributed by atoms with Crippen molar-refractivity contribution in [2.75, 3.05) is 4.90 Å². The maximum atomic E-state index is 2.45. The average Bonchev–Trinajstić information content (AvgIpc) is 3.73. The average molecular weight is 815 g/mol. The van der Waals surface area contributed by atoms with Crippen molar-refractivity contribution in [2.24, 2.45) is 0 Å². The van der Waals surface area contributed by atoms with Gasteiger partial charge in [0, 0.05) is 38.9 Å². The molecule has 0 radical (unpaired) electrons. The van der Waals surface area contributed by atoms with Crippen molar-refractivity contribution in [2.45, 2.75) is 0 Å². The number of hydrogen-bond donors (Lipinski definition) is 0. The zero-order chi connectivity index (χ0) is 42.4. The first kappa shape index (κ1) is 37.3. The molecule has 1 heterocycles. The van der Waals surface area contributed by atoms with E-state index in [0.29, 0.717) is 0 Å². The molecule has 300 valence electrons. The smallest absolute Gasteiger partial charge is 0.0625 e. The summed E-state index contributed by atoms with van der Waals surface area (Å²) in [5, 5.41) is 7.41.